The summed E-state index contributed by atoms with van der Waals surface area (Å²) < 4.78 is 45.0. The zero-order valence-corrected chi connectivity index (χ0v) is 29.3. The first-order chi connectivity index (χ1) is 24.6. The molecular formula is C31H44F3N5O15. The molecule has 0 aliphatic heterocycles. The number of carboxylic acids is 5. The molecule has 20 nitrogen and oxygen atoms in total. The van der Waals surface area contributed by atoms with Crippen molar-refractivity contribution in [3.05, 3.63) is 39.7 Å². The maximum Gasteiger partial charge on any atom is 0.418 e. The normalized spacial score (nSPS) is 14.0. The quantitative estimate of drug-likeness (QED) is 0.0684. The molecule has 1 aromatic carbocycles. The summed E-state index contributed by atoms with van der Waals surface area (Å²) in [6, 6.07) is -1.69. The summed E-state index contributed by atoms with van der Waals surface area (Å²) in [6.45, 7) is 6.34. The molecule has 1 aromatic heterocycles. The number of aliphatic hydroxyl groups is 1. The van der Waals surface area contributed by atoms with Crippen LogP contribution in [0.25, 0.3) is 11.0 Å². The summed E-state index contributed by atoms with van der Waals surface area (Å²) in [5.74, 6) is -7.65. The molecule has 6 atom stereocenters. The number of halogens is 3. The van der Waals surface area contributed by atoms with Crippen LogP contribution in [0.4, 0.5) is 18.9 Å². The Balaban J connectivity index is 0. The number of rotatable bonds is 14. The molecule has 0 aliphatic carbocycles. The van der Waals surface area contributed by atoms with Gasteiger partial charge in [0.15, 0.2) is 5.78 Å². The largest absolute Gasteiger partial charge is 0.481 e. The van der Waals surface area contributed by atoms with Crippen molar-refractivity contribution >= 4 is 58.2 Å². The predicted molar refractivity (Wildman–Crippen MR) is 181 cm³/mol. The molecule has 2 rings (SSSR count). The second kappa shape index (κ2) is 23.1. The zero-order valence-electron chi connectivity index (χ0n) is 29.3. The van der Waals surface area contributed by atoms with Gasteiger partial charge in [0.1, 0.15) is 29.3 Å². The van der Waals surface area contributed by atoms with E-state index in [9.17, 15) is 51.5 Å². The molecule has 0 radical (unpaired) electrons. The first-order valence-corrected chi connectivity index (χ1v) is 15.4. The summed E-state index contributed by atoms with van der Waals surface area (Å²) >= 11 is 0. The lowest BCUT2D eigenvalue weighted by Gasteiger charge is -2.18. The van der Waals surface area contributed by atoms with Gasteiger partial charge in [-0.3, -0.25) is 28.8 Å². The smallest absolute Gasteiger partial charge is 0.418 e. The highest BCUT2D eigenvalue weighted by molar-refractivity contribution is 6.05. The molecule has 23 heteroatoms. The minimum Gasteiger partial charge on any atom is -0.481 e. The van der Waals surface area contributed by atoms with Crippen LogP contribution in [0.5, 0.6) is 0 Å². The van der Waals surface area contributed by atoms with Gasteiger partial charge < -0.3 is 63.3 Å². The Morgan fingerprint density at radius 3 is 1.76 bits per heavy atom. The summed E-state index contributed by atoms with van der Waals surface area (Å²) in [7, 11) is 0. The Morgan fingerprint density at radius 2 is 1.41 bits per heavy atom. The van der Waals surface area contributed by atoms with Gasteiger partial charge >= 0.3 is 41.6 Å². The van der Waals surface area contributed by atoms with Crippen LogP contribution in [-0.4, -0.2) is 102 Å². The molecular weight excluding hydrogens is 739 g/mol. The molecule has 0 unspecified atom stereocenters. The molecule has 2 aromatic rings. The number of nitrogen functional groups attached to an aromatic ring is 1. The molecule has 0 aliphatic rings. The lowest BCUT2D eigenvalue weighted by atomic mass is 9.96. The minimum atomic E-state index is -5.07. The van der Waals surface area contributed by atoms with Crippen molar-refractivity contribution in [1.29, 1.82) is 0 Å². The van der Waals surface area contributed by atoms with Crippen LogP contribution in [0.1, 0.15) is 69.3 Å². The average Bonchev–Trinajstić information content (AvgIpc) is 3.03. The number of hydrogen-bond donors (Lipinski definition) is 11. The van der Waals surface area contributed by atoms with Gasteiger partial charge in [0.2, 0.25) is 5.91 Å². The van der Waals surface area contributed by atoms with E-state index in [1.807, 2.05) is 6.92 Å². The van der Waals surface area contributed by atoms with Gasteiger partial charge in [0.05, 0.1) is 24.1 Å². The van der Waals surface area contributed by atoms with E-state index in [1.165, 1.54) is 13.8 Å². The van der Waals surface area contributed by atoms with E-state index in [0.29, 0.717) is 0 Å². The van der Waals surface area contributed by atoms with Gasteiger partial charge in [-0.05, 0) is 31.4 Å². The van der Waals surface area contributed by atoms with Crippen LogP contribution in [-0.2, 0) is 34.9 Å². The predicted octanol–water partition coefficient (Wildman–Crippen LogP) is 0.0427. The van der Waals surface area contributed by atoms with E-state index in [4.69, 9.17) is 58.0 Å². The summed E-state index contributed by atoms with van der Waals surface area (Å²) in [6.07, 6.45) is -6.48. The molecule has 0 spiro atoms. The first kappa shape index (κ1) is 50.5. The summed E-state index contributed by atoms with van der Waals surface area (Å²) in [5.41, 5.74) is 15.8. The van der Waals surface area contributed by atoms with Crippen molar-refractivity contribution in [3.63, 3.8) is 0 Å². The number of carbonyl (C=O) groups is 7. The fraction of sp³-hybridized carbons (Fsp3) is 0.484. The molecule has 0 saturated heterocycles. The number of amides is 1. The van der Waals surface area contributed by atoms with Crippen molar-refractivity contribution in [3.8, 4) is 0 Å². The molecule has 0 saturated carbocycles. The summed E-state index contributed by atoms with van der Waals surface area (Å²) in [5, 5.41) is 52.0. The highest BCUT2D eigenvalue weighted by Gasteiger charge is 2.41. The number of hydrogen-bond acceptors (Lipinski definition) is 14. The Bertz CT molecular complexity index is 1700. The number of carboxylic acid groups (broad SMARTS) is 5. The van der Waals surface area contributed by atoms with Crippen molar-refractivity contribution in [2.45, 2.75) is 89.8 Å². The maximum atomic E-state index is 13.4. The van der Waals surface area contributed by atoms with Crippen LogP contribution in [0.3, 0.4) is 0 Å². The Labute approximate surface area is 303 Å². The molecule has 304 valence electrons. The average molecular weight is 784 g/mol. The van der Waals surface area contributed by atoms with Crippen molar-refractivity contribution in [2.24, 2.45) is 23.1 Å². The van der Waals surface area contributed by atoms with Crippen LogP contribution in [0.15, 0.2) is 27.4 Å². The van der Waals surface area contributed by atoms with Gasteiger partial charge in [-0.2, -0.15) is 13.2 Å². The van der Waals surface area contributed by atoms with E-state index < -0.39 is 106 Å². The molecule has 1 heterocycles. The molecule has 0 fully saturated rings. The number of Topliss-reactive ketones (excluding diaryl/α,β-unsaturated/α-hetero) is 1. The number of alkyl halides is 3. The summed E-state index contributed by atoms with van der Waals surface area (Å²) in [4.78, 5) is 85.6. The van der Waals surface area contributed by atoms with E-state index in [2.05, 4.69) is 5.32 Å². The standard InChI is InChI=1S/C14H11F3N2O5.C8H15NO3.C5H9NO4.C4H9NO3/c15-14(16,17)11-6-2-1-5(18)3-8(6)24-13(23)10(11)12(22)7(19)4-9(20)21;1-4-5(2)7(8(11)12)9-6(3)10;6-3(5(9)10)1-2-4(7)8;1-2(6)3(5)4(7)8/h1-3,7H,4,18-19H2,(H,20,21);5,7H,4H2,1-3H3,(H,9,10)(H,11,12);3H,1-2,6H2,(H,7,8)(H,9,10);2-3,6H,5H2,1H3,(H,7,8)/t7-;5-,7-;3-;2-,3+/m0001/s1. The monoisotopic (exact) mass is 783 g/mol. The van der Waals surface area contributed by atoms with Crippen LogP contribution in [0, 0.1) is 5.92 Å². The Kier molecular flexibility index (Phi) is 21.6. The number of aliphatic hydroxyl groups excluding tert-OH is 1. The second-order valence-electron chi connectivity index (χ2n) is 11.3. The number of nitrogens with two attached hydrogens (primary N) is 4. The highest BCUT2D eigenvalue weighted by atomic mass is 19.4. The van der Waals surface area contributed by atoms with E-state index >= 15 is 0 Å². The molecule has 54 heavy (non-hydrogen) atoms. The third-order valence-corrected chi connectivity index (χ3v) is 6.82. The third kappa shape index (κ3) is 18.2. The Hall–Kier alpha value is -5.65. The SMILES string of the molecule is CC[C@H](C)[C@H](NC(C)=O)C(=O)O.C[C@@H](O)[C@H](N)C(=O)O.N[C@@H](CCC(=O)O)C(=O)O.Nc1ccc2c(C(F)(F)F)c(C(=O)[C@@H](N)CC(=O)O)c(=O)oc2c1. The van der Waals surface area contributed by atoms with E-state index in [0.717, 1.165) is 24.6 Å². The number of ketones is 1. The number of carbonyl (C=O) groups excluding carboxylic acids is 2. The number of anilines is 1. The molecule has 15 N–H and O–H groups in total. The fourth-order valence-corrected chi connectivity index (χ4v) is 3.71. The van der Waals surface area contributed by atoms with Gasteiger partial charge in [-0.25, -0.2) is 9.59 Å². The van der Waals surface area contributed by atoms with Gasteiger partial charge in [0.25, 0.3) is 0 Å². The van der Waals surface area contributed by atoms with Crippen molar-refractivity contribution in [2.75, 3.05) is 5.73 Å². The minimum absolute atomic E-state index is 0.0231. The highest BCUT2D eigenvalue weighted by Crippen LogP contribution is 2.37. The lowest BCUT2D eigenvalue weighted by molar-refractivity contribution is -0.143. The fourth-order valence-electron chi connectivity index (χ4n) is 3.71. The van der Waals surface area contributed by atoms with Gasteiger partial charge in [-0.1, -0.05) is 20.3 Å². The number of fused-ring (bicyclic) bond motifs is 1. The van der Waals surface area contributed by atoms with Crippen molar-refractivity contribution < 1.29 is 81.8 Å². The lowest BCUT2D eigenvalue weighted by Crippen LogP contribution is -2.43. The van der Waals surface area contributed by atoms with Crippen LogP contribution < -0.4 is 33.9 Å². The van der Waals surface area contributed by atoms with Gasteiger partial charge in [-0.15, -0.1) is 0 Å². The van der Waals surface area contributed by atoms with Crippen molar-refractivity contribution in [1.82, 2.24) is 5.32 Å². The van der Waals surface area contributed by atoms with Crippen LogP contribution in [0.2, 0.25) is 0 Å². The number of nitrogens with one attached hydrogen (secondary N) is 1. The number of benzene rings is 1. The maximum absolute atomic E-state index is 13.4. The van der Waals surface area contributed by atoms with E-state index in [1.54, 1.807) is 6.92 Å². The first-order valence-electron chi connectivity index (χ1n) is 15.4. The molecule has 0 bridgehead atoms. The molecule has 1 amide bonds. The second-order valence-corrected chi connectivity index (χ2v) is 11.3. The topological polar surface area (TPSA) is 387 Å². The van der Waals surface area contributed by atoms with Gasteiger partial charge in [0, 0.05) is 30.5 Å². The number of aliphatic carboxylic acids is 5. The zero-order chi connectivity index (χ0) is 42.8. The van der Waals surface area contributed by atoms with Crippen LogP contribution >= 0.6 is 0 Å². The third-order valence-electron chi connectivity index (χ3n) is 6.82. The van der Waals surface area contributed by atoms with E-state index in [-0.39, 0.29) is 30.4 Å². The Morgan fingerprint density at radius 1 is 0.870 bits per heavy atom.